The number of carbonyl (C=O) groups excluding carboxylic acids is 2. The van der Waals surface area contributed by atoms with E-state index in [0.717, 1.165) is 0 Å². The fourth-order valence-corrected chi connectivity index (χ4v) is 1.20. The maximum Gasteiger partial charge on any atom is 0.321 e. The smallest absolute Gasteiger partial charge is 0.321 e. The number of hydrogen-bond donors (Lipinski definition) is 3. The Hall–Kier alpha value is -1.89. The van der Waals surface area contributed by atoms with E-state index in [1.807, 2.05) is 0 Å². The molecule has 0 heterocycles. The molecular formula is C11H19N3O4. The van der Waals surface area contributed by atoms with Crippen LogP contribution >= 0.6 is 0 Å². The van der Waals surface area contributed by atoms with Gasteiger partial charge in [-0.15, -0.1) is 6.58 Å². The van der Waals surface area contributed by atoms with Crippen LogP contribution in [-0.2, 0) is 9.59 Å². The molecule has 0 unspecified atom stereocenters. The number of hydrogen-bond acceptors (Lipinski definition) is 4. The first-order valence-electron chi connectivity index (χ1n) is 5.54. The zero-order valence-corrected chi connectivity index (χ0v) is 10.4. The molecule has 0 radical (unpaired) electrons. The van der Waals surface area contributed by atoms with E-state index in [1.54, 1.807) is 11.9 Å². The van der Waals surface area contributed by atoms with E-state index in [1.165, 1.54) is 6.08 Å². The molecule has 0 bridgehead atoms. The molecule has 0 aromatic rings. The van der Waals surface area contributed by atoms with Gasteiger partial charge >= 0.3 is 12.0 Å². The first-order chi connectivity index (χ1) is 8.45. The van der Waals surface area contributed by atoms with Crippen molar-refractivity contribution in [2.24, 2.45) is 0 Å². The molecule has 0 rings (SSSR count). The lowest BCUT2D eigenvalue weighted by Gasteiger charge is -2.15. The van der Waals surface area contributed by atoms with Crippen molar-refractivity contribution in [1.82, 2.24) is 15.5 Å². The zero-order chi connectivity index (χ0) is 14.0. The van der Waals surface area contributed by atoms with Gasteiger partial charge < -0.3 is 10.4 Å². The van der Waals surface area contributed by atoms with Crippen molar-refractivity contribution in [2.45, 2.75) is 12.8 Å². The van der Waals surface area contributed by atoms with Crippen LogP contribution in [0.4, 0.5) is 4.79 Å². The number of imide groups is 1. The maximum absolute atomic E-state index is 11.4. The van der Waals surface area contributed by atoms with Gasteiger partial charge in [0.2, 0.25) is 5.91 Å². The minimum Gasteiger partial charge on any atom is -0.481 e. The van der Waals surface area contributed by atoms with Crippen molar-refractivity contribution in [3.8, 4) is 0 Å². The van der Waals surface area contributed by atoms with Crippen LogP contribution in [0.5, 0.6) is 0 Å². The highest BCUT2D eigenvalue weighted by Gasteiger charge is 2.09. The Morgan fingerprint density at radius 1 is 1.39 bits per heavy atom. The standard InChI is InChI=1S/C11H19N3O4/c1-3-6-12-11(18)13-9(15)8-14(2)7-4-5-10(16)17/h3H,1,4-8H2,2H3,(H,16,17)(H2,12,13,15,18). The van der Waals surface area contributed by atoms with E-state index in [2.05, 4.69) is 17.2 Å². The number of carboxylic acid groups (broad SMARTS) is 1. The van der Waals surface area contributed by atoms with Crippen LogP contribution in [0.2, 0.25) is 0 Å². The average molecular weight is 257 g/mol. The summed E-state index contributed by atoms with van der Waals surface area (Å²) in [6, 6.07) is -0.571. The van der Waals surface area contributed by atoms with Gasteiger partial charge in [-0.1, -0.05) is 6.08 Å². The van der Waals surface area contributed by atoms with E-state index in [-0.39, 0.29) is 19.5 Å². The van der Waals surface area contributed by atoms with Crippen LogP contribution in [0.25, 0.3) is 0 Å². The van der Waals surface area contributed by atoms with E-state index >= 15 is 0 Å². The lowest BCUT2D eigenvalue weighted by Crippen LogP contribution is -2.43. The highest BCUT2D eigenvalue weighted by molar-refractivity contribution is 5.95. The quantitative estimate of drug-likeness (QED) is 0.523. The highest BCUT2D eigenvalue weighted by Crippen LogP contribution is 1.92. The third-order valence-electron chi connectivity index (χ3n) is 2.00. The number of carboxylic acids is 1. The van der Waals surface area contributed by atoms with Gasteiger partial charge in [0.25, 0.3) is 0 Å². The second-order valence-corrected chi connectivity index (χ2v) is 3.78. The molecule has 18 heavy (non-hydrogen) atoms. The minimum atomic E-state index is -0.864. The monoisotopic (exact) mass is 257 g/mol. The van der Waals surface area contributed by atoms with Crippen LogP contribution < -0.4 is 10.6 Å². The summed E-state index contributed by atoms with van der Waals surface area (Å²) < 4.78 is 0. The minimum absolute atomic E-state index is 0.0428. The van der Waals surface area contributed by atoms with Crippen molar-refractivity contribution in [1.29, 1.82) is 0 Å². The van der Waals surface area contributed by atoms with Crippen LogP contribution in [0, 0.1) is 0 Å². The van der Waals surface area contributed by atoms with Gasteiger partial charge in [0, 0.05) is 13.0 Å². The Morgan fingerprint density at radius 2 is 2.06 bits per heavy atom. The molecule has 0 aromatic carbocycles. The van der Waals surface area contributed by atoms with E-state index in [0.29, 0.717) is 13.0 Å². The van der Waals surface area contributed by atoms with Crippen molar-refractivity contribution < 1.29 is 19.5 Å². The molecule has 0 aliphatic carbocycles. The molecule has 3 amide bonds. The second kappa shape index (κ2) is 9.17. The second-order valence-electron chi connectivity index (χ2n) is 3.78. The Labute approximate surface area is 106 Å². The Bertz CT molecular complexity index is 317. The van der Waals surface area contributed by atoms with E-state index in [4.69, 9.17) is 5.11 Å². The topological polar surface area (TPSA) is 98.7 Å². The van der Waals surface area contributed by atoms with Crippen molar-refractivity contribution in [3.63, 3.8) is 0 Å². The van der Waals surface area contributed by atoms with Gasteiger partial charge in [-0.2, -0.15) is 0 Å². The molecule has 0 aromatic heterocycles. The van der Waals surface area contributed by atoms with Crippen LogP contribution in [-0.4, -0.2) is 54.6 Å². The molecule has 0 spiro atoms. The van der Waals surface area contributed by atoms with E-state index in [9.17, 15) is 14.4 Å². The summed E-state index contributed by atoms with van der Waals surface area (Å²) in [5, 5.41) is 13.0. The normalized spacial score (nSPS) is 9.89. The number of rotatable bonds is 8. The van der Waals surface area contributed by atoms with Crippen LogP contribution in [0.15, 0.2) is 12.7 Å². The summed E-state index contributed by atoms with van der Waals surface area (Å²) in [5.74, 6) is -1.30. The number of aliphatic carboxylic acids is 1. The molecule has 0 aliphatic rings. The third kappa shape index (κ3) is 9.34. The number of nitrogens with zero attached hydrogens (tertiary/aromatic N) is 1. The Kier molecular flexibility index (Phi) is 8.21. The SMILES string of the molecule is C=CCNC(=O)NC(=O)CN(C)CCCC(=O)O. The summed E-state index contributed by atoms with van der Waals surface area (Å²) in [6.45, 7) is 4.23. The Morgan fingerprint density at radius 3 is 2.61 bits per heavy atom. The third-order valence-corrected chi connectivity index (χ3v) is 2.00. The van der Waals surface area contributed by atoms with Gasteiger partial charge in [-0.25, -0.2) is 4.79 Å². The van der Waals surface area contributed by atoms with Gasteiger partial charge in [-0.05, 0) is 20.0 Å². The summed E-state index contributed by atoms with van der Waals surface area (Å²) >= 11 is 0. The molecular weight excluding hydrogens is 238 g/mol. The number of likely N-dealkylation sites (N-methyl/N-ethyl adjacent to an activating group) is 1. The predicted octanol–water partition coefficient (Wildman–Crippen LogP) is -0.205. The molecule has 7 nitrogen and oxygen atoms in total. The largest absolute Gasteiger partial charge is 0.481 e. The van der Waals surface area contributed by atoms with Crippen molar-refractivity contribution >= 4 is 17.9 Å². The molecule has 0 saturated carbocycles. The highest BCUT2D eigenvalue weighted by atomic mass is 16.4. The van der Waals surface area contributed by atoms with Crippen molar-refractivity contribution in [2.75, 3.05) is 26.7 Å². The molecule has 0 saturated heterocycles. The lowest BCUT2D eigenvalue weighted by molar-refractivity contribution is -0.137. The summed E-state index contributed by atoms with van der Waals surface area (Å²) in [6.07, 6.45) is 2.02. The van der Waals surface area contributed by atoms with E-state index < -0.39 is 17.9 Å². The van der Waals surface area contributed by atoms with Crippen LogP contribution in [0.1, 0.15) is 12.8 Å². The molecule has 0 fully saturated rings. The number of nitrogens with one attached hydrogen (secondary N) is 2. The number of urea groups is 1. The molecule has 3 N–H and O–H groups in total. The van der Waals surface area contributed by atoms with Gasteiger partial charge in [0.05, 0.1) is 6.54 Å². The van der Waals surface area contributed by atoms with Gasteiger partial charge in [-0.3, -0.25) is 19.8 Å². The summed E-state index contributed by atoms with van der Waals surface area (Å²) in [5.41, 5.74) is 0. The van der Waals surface area contributed by atoms with Gasteiger partial charge in [0.15, 0.2) is 0 Å². The predicted molar refractivity (Wildman–Crippen MR) is 66.1 cm³/mol. The summed E-state index contributed by atoms with van der Waals surface area (Å²) in [4.78, 5) is 34.4. The molecule has 0 atom stereocenters. The van der Waals surface area contributed by atoms with Crippen LogP contribution in [0.3, 0.4) is 0 Å². The molecule has 0 aliphatic heterocycles. The number of carbonyl (C=O) groups is 3. The average Bonchev–Trinajstić information content (AvgIpc) is 2.25. The fourth-order valence-electron chi connectivity index (χ4n) is 1.20. The zero-order valence-electron chi connectivity index (χ0n) is 10.4. The number of amides is 3. The summed E-state index contributed by atoms with van der Waals surface area (Å²) in [7, 11) is 1.68. The van der Waals surface area contributed by atoms with Crippen molar-refractivity contribution in [3.05, 3.63) is 12.7 Å². The molecule has 7 heteroatoms. The Balaban J connectivity index is 3.75. The fraction of sp³-hybridized carbons (Fsp3) is 0.545. The lowest BCUT2D eigenvalue weighted by atomic mass is 10.3. The maximum atomic E-state index is 11.4. The first-order valence-corrected chi connectivity index (χ1v) is 5.54. The van der Waals surface area contributed by atoms with Gasteiger partial charge in [0.1, 0.15) is 0 Å². The molecule has 102 valence electrons. The first kappa shape index (κ1) is 16.1.